The summed E-state index contributed by atoms with van der Waals surface area (Å²) in [7, 11) is 0. The zero-order valence-corrected chi connectivity index (χ0v) is 18.2. The van der Waals surface area contributed by atoms with Crippen LogP contribution in [-0.4, -0.2) is 29.1 Å². The molecular weight excluding hydrogens is 412 g/mol. The molecule has 28 heavy (non-hydrogen) atoms. The van der Waals surface area contributed by atoms with Gasteiger partial charge in [-0.3, -0.25) is 9.88 Å². The summed E-state index contributed by atoms with van der Waals surface area (Å²) < 4.78 is 7.12. The zero-order valence-electron chi connectivity index (χ0n) is 16.6. The number of nitrogens with zero attached hydrogens (tertiary/aromatic N) is 2. The highest BCUT2D eigenvalue weighted by Crippen LogP contribution is 2.24. The molecule has 4 heteroatoms. The van der Waals surface area contributed by atoms with Crippen molar-refractivity contribution in [3.05, 3.63) is 75.4 Å². The average molecular weight is 439 g/mol. The molecule has 0 N–H and O–H groups in total. The first-order chi connectivity index (χ1) is 13.6. The molecular formula is C24H27BrN2O. The first kappa shape index (κ1) is 19.6. The van der Waals surface area contributed by atoms with Gasteiger partial charge in [0.1, 0.15) is 0 Å². The molecule has 3 aromatic rings. The Morgan fingerprint density at radius 1 is 1.07 bits per heavy atom. The lowest BCUT2D eigenvalue weighted by Crippen LogP contribution is -2.32. The number of aromatic nitrogens is 1. The van der Waals surface area contributed by atoms with Crippen LogP contribution in [0.1, 0.15) is 35.2 Å². The van der Waals surface area contributed by atoms with Crippen molar-refractivity contribution in [1.29, 1.82) is 0 Å². The van der Waals surface area contributed by atoms with Crippen molar-refractivity contribution < 1.29 is 4.74 Å². The summed E-state index contributed by atoms with van der Waals surface area (Å²) >= 11 is 3.75. The maximum atomic E-state index is 5.94. The van der Waals surface area contributed by atoms with Crippen molar-refractivity contribution >= 4 is 26.8 Å². The molecule has 0 amide bonds. The minimum Gasteiger partial charge on any atom is -0.377 e. The number of hydrogen-bond acceptors (Lipinski definition) is 3. The predicted molar refractivity (Wildman–Crippen MR) is 118 cm³/mol. The highest BCUT2D eigenvalue weighted by molar-refractivity contribution is 9.10. The quantitative estimate of drug-likeness (QED) is 0.486. The highest BCUT2D eigenvalue weighted by Gasteiger charge is 2.21. The van der Waals surface area contributed by atoms with E-state index in [4.69, 9.17) is 9.72 Å². The molecule has 1 atom stereocenters. The molecule has 1 saturated heterocycles. The fourth-order valence-corrected chi connectivity index (χ4v) is 4.56. The van der Waals surface area contributed by atoms with Gasteiger partial charge in [0.2, 0.25) is 0 Å². The second kappa shape index (κ2) is 8.73. The molecule has 3 nitrogen and oxygen atoms in total. The van der Waals surface area contributed by atoms with Crippen LogP contribution in [0, 0.1) is 13.8 Å². The first-order valence-electron chi connectivity index (χ1n) is 10.0. The Balaban J connectivity index is 1.60. The lowest BCUT2D eigenvalue weighted by molar-refractivity contribution is 0.0677. The maximum absolute atomic E-state index is 5.94. The van der Waals surface area contributed by atoms with E-state index in [0.29, 0.717) is 6.10 Å². The molecule has 4 rings (SSSR count). The van der Waals surface area contributed by atoms with E-state index in [1.165, 1.54) is 33.0 Å². The molecule has 0 aliphatic carbocycles. The van der Waals surface area contributed by atoms with E-state index in [2.05, 4.69) is 77.1 Å². The lowest BCUT2D eigenvalue weighted by atomic mass is 10.1. The number of aryl methyl sites for hydroxylation is 2. The van der Waals surface area contributed by atoms with Crippen LogP contribution >= 0.6 is 15.9 Å². The Kier molecular flexibility index (Phi) is 6.10. The second-order valence-corrected chi connectivity index (χ2v) is 8.68. The molecule has 2 aromatic carbocycles. The van der Waals surface area contributed by atoms with Crippen LogP contribution in [0.25, 0.3) is 10.9 Å². The van der Waals surface area contributed by atoms with Gasteiger partial charge in [-0.25, -0.2) is 0 Å². The van der Waals surface area contributed by atoms with E-state index in [-0.39, 0.29) is 0 Å². The van der Waals surface area contributed by atoms with Gasteiger partial charge in [0.15, 0.2) is 0 Å². The Bertz CT molecular complexity index is 966. The minimum absolute atomic E-state index is 0.331. The number of hydrogen-bond donors (Lipinski definition) is 0. The van der Waals surface area contributed by atoms with Crippen LogP contribution in [0.2, 0.25) is 0 Å². The summed E-state index contributed by atoms with van der Waals surface area (Å²) in [5.74, 6) is 0. The van der Waals surface area contributed by atoms with Crippen LogP contribution in [0.3, 0.4) is 0 Å². The minimum atomic E-state index is 0.331. The summed E-state index contributed by atoms with van der Waals surface area (Å²) in [6.07, 6.45) is 2.65. The van der Waals surface area contributed by atoms with Crippen LogP contribution in [0.5, 0.6) is 0 Å². The standard InChI is InChI=1S/C24H27BrN2O/c1-17-9-10-20(23(25)12-17)14-27(16-22-7-5-11-28-22)15-21-13-19-6-3-4-8-24(19)26-18(21)2/h3-4,6,8-10,12-13,22H,5,7,11,14-16H2,1-2H3. The molecule has 2 heterocycles. The van der Waals surface area contributed by atoms with E-state index in [1.807, 2.05) is 6.07 Å². The van der Waals surface area contributed by atoms with Gasteiger partial charge in [-0.2, -0.15) is 0 Å². The van der Waals surface area contributed by atoms with E-state index in [0.717, 1.165) is 43.9 Å². The second-order valence-electron chi connectivity index (χ2n) is 7.83. The molecule has 1 unspecified atom stereocenters. The Labute approximate surface area is 175 Å². The smallest absolute Gasteiger partial charge is 0.0705 e. The summed E-state index contributed by atoms with van der Waals surface area (Å²) in [4.78, 5) is 7.33. The number of para-hydroxylation sites is 1. The molecule has 0 bridgehead atoms. The van der Waals surface area contributed by atoms with Crippen LogP contribution < -0.4 is 0 Å². The number of rotatable bonds is 6. The molecule has 1 aliphatic rings. The van der Waals surface area contributed by atoms with E-state index >= 15 is 0 Å². The summed E-state index contributed by atoms with van der Waals surface area (Å²) in [5.41, 5.74) is 6.06. The fraction of sp³-hybridized carbons (Fsp3) is 0.375. The van der Waals surface area contributed by atoms with E-state index in [1.54, 1.807) is 0 Å². The Morgan fingerprint density at radius 3 is 2.68 bits per heavy atom. The zero-order chi connectivity index (χ0) is 19.5. The predicted octanol–water partition coefficient (Wildman–Crippen LogP) is 5.80. The van der Waals surface area contributed by atoms with Crippen LogP contribution in [-0.2, 0) is 17.8 Å². The highest BCUT2D eigenvalue weighted by atomic mass is 79.9. The molecule has 0 radical (unpaired) electrons. The molecule has 1 aromatic heterocycles. The molecule has 146 valence electrons. The van der Waals surface area contributed by atoms with Crippen molar-refractivity contribution in [3.8, 4) is 0 Å². The van der Waals surface area contributed by atoms with Gasteiger partial charge in [0.05, 0.1) is 11.6 Å². The first-order valence-corrected chi connectivity index (χ1v) is 10.8. The molecule has 1 fully saturated rings. The average Bonchev–Trinajstić information content (AvgIpc) is 3.17. The van der Waals surface area contributed by atoms with E-state index in [9.17, 15) is 0 Å². The molecule has 1 aliphatic heterocycles. The van der Waals surface area contributed by atoms with Gasteiger partial charge in [-0.05, 0) is 61.6 Å². The largest absolute Gasteiger partial charge is 0.377 e. The molecule has 0 spiro atoms. The van der Waals surface area contributed by atoms with Crippen molar-refractivity contribution in [1.82, 2.24) is 9.88 Å². The van der Waals surface area contributed by atoms with Crippen LogP contribution in [0.15, 0.2) is 53.0 Å². The third-order valence-electron chi connectivity index (χ3n) is 5.50. The van der Waals surface area contributed by atoms with Gasteiger partial charge >= 0.3 is 0 Å². The maximum Gasteiger partial charge on any atom is 0.0705 e. The Morgan fingerprint density at radius 2 is 1.89 bits per heavy atom. The number of pyridine rings is 1. The van der Waals surface area contributed by atoms with E-state index < -0.39 is 0 Å². The molecule has 0 saturated carbocycles. The van der Waals surface area contributed by atoms with Crippen molar-refractivity contribution in [2.75, 3.05) is 13.2 Å². The fourth-order valence-electron chi connectivity index (χ4n) is 3.94. The normalized spacial score (nSPS) is 16.9. The third kappa shape index (κ3) is 4.62. The van der Waals surface area contributed by atoms with Crippen LogP contribution in [0.4, 0.5) is 0 Å². The monoisotopic (exact) mass is 438 g/mol. The van der Waals surface area contributed by atoms with Gasteiger partial charge in [-0.15, -0.1) is 0 Å². The topological polar surface area (TPSA) is 25.4 Å². The number of fused-ring (bicyclic) bond motifs is 1. The third-order valence-corrected chi connectivity index (χ3v) is 6.24. The van der Waals surface area contributed by atoms with Gasteiger partial charge < -0.3 is 4.74 Å². The number of ether oxygens (including phenoxy) is 1. The number of halogens is 1. The van der Waals surface area contributed by atoms with Crippen molar-refractivity contribution in [3.63, 3.8) is 0 Å². The summed E-state index contributed by atoms with van der Waals surface area (Å²) in [6, 6.07) is 17.3. The summed E-state index contributed by atoms with van der Waals surface area (Å²) in [5, 5.41) is 1.21. The van der Waals surface area contributed by atoms with Crippen molar-refractivity contribution in [2.45, 2.75) is 45.9 Å². The van der Waals surface area contributed by atoms with Gasteiger partial charge in [0.25, 0.3) is 0 Å². The SMILES string of the molecule is Cc1ccc(CN(Cc2cc3ccccc3nc2C)CC2CCCO2)c(Br)c1. The van der Waals surface area contributed by atoms with Gasteiger partial charge in [0, 0.05) is 41.8 Å². The lowest BCUT2D eigenvalue weighted by Gasteiger charge is -2.26. The number of benzene rings is 2. The summed E-state index contributed by atoms with van der Waals surface area (Å²) in [6.45, 7) is 7.86. The van der Waals surface area contributed by atoms with Crippen molar-refractivity contribution in [2.24, 2.45) is 0 Å². The van der Waals surface area contributed by atoms with Gasteiger partial charge in [-0.1, -0.05) is 46.3 Å². The Hall–Kier alpha value is -1.75.